The molecule has 48 heavy (non-hydrogen) atoms. The molecular weight excluding hydrogens is 606 g/mol. The Bertz CT molecular complexity index is 1620. The Balaban J connectivity index is 0.996. The molecule has 0 bridgehead atoms. The van der Waals surface area contributed by atoms with Crippen LogP contribution in [0.3, 0.4) is 0 Å². The fourth-order valence-electron chi connectivity index (χ4n) is 8.38. The van der Waals surface area contributed by atoms with Crippen molar-refractivity contribution in [1.82, 2.24) is 29.2 Å². The van der Waals surface area contributed by atoms with Crippen LogP contribution in [0.4, 0.5) is 15.3 Å². The van der Waals surface area contributed by atoms with Gasteiger partial charge in [-0.05, 0) is 119 Å². The largest absolute Gasteiger partial charge is 0.436 e. The van der Waals surface area contributed by atoms with Crippen LogP contribution in [0, 0.1) is 18.8 Å². The molecule has 4 aliphatic rings. The summed E-state index contributed by atoms with van der Waals surface area (Å²) < 4.78 is 8.01. The Labute approximate surface area is 283 Å². The number of anilines is 1. The van der Waals surface area contributed by atoms with Crippen LogP contribution in [0.5, 0.6) is 0 Å². The van der Waals surface area contributed by atoms with Gasteiger partial charge in [0.05, 0.1) is 5.52 Å². The fourth-order valence-corrected chi connectivity index (χ4v) is 8.38. The van der Waals surface area contributed by atoms with E-state index in [2.05, 4.69) is 28.4 Å². The van der Waals surface area contributed by atoms with Crippen LogP contribution in [0.1, 0.15) is 55.3 Å². The number of carbonyl (C=O) groups excluding carboxylic acids is 3. The van der Waals surface area contributed by atoms with E-state index in [0.29, 0.717) is 57.9 Å². The van der Waals surface area contributed by atoms with Gasteiger partial charge in [-0.3, -0.25) is 4.79 Å². The zero-order valence-corrected chi connectivity index (χ0v) is 28.4. The molecule has 0 unspecified atom stereocenters. The number of urea groups is 1. The van der Waals surface area contributed by atoms with Crippen molar-refractivity contribution in [2.75, 3.05) is 58.2 Å². The van der Waals surface area contributed by atoms with Crippen LogP contribution in [-0.2, 0) is 22.4 Å². The third-order valence-electron chi connectivity index (χ3n) is 11.3. The van der Waals surface area contributed by atoms with Gasteiger partial charge in [0.1, 0.15) is 0 Å². The third-order valence-corrected chi connectivity index (χ3v) is 11.3. The summed E-state index contributed by atoms with van der Waals surface area (Å²) >= 11 is 0. The molecule has 4 aliphatic heterocycles. The topological polar surface area (TPSA) is 103 Å². The zero-order chi connectivity index (χ0) is 33.2. The number of pyridine rings is 1. The van der Waals surface area contributed by atoms with Gasteiger partial charge in [0.2, 0.25) is 0 Å². The molecule has 1 N–H and O–H groups in total. The van der Waals surface area contributed by atoms with Gasteiger partial charge in [-0.25, -0.2) is 14.1 Å². The third kappa shape index (κ3) is 7.02. The van der Waals surface area contributed by atoms with E-state index in [1.54, 1.807) is 11.1 Å². The highest BCUT2D eigenvalue weighted by Gasteiger charge is 2.37. The van der Waals surface area contributed by atoms with Crippen molar-refractivity contribution in [2.24, 2.45) is 11.8 Å². The van der Waals surface area contributed by atoms with Gasteiger partial charge in [-0.15, -0.1) is 0 Å². The highest BCUT2D eigenvalue weighted by Crippen LogP contribution is 2.33. The summed E-state index contributed by atoms with van der Waals surface area (Å²) in [4.78, 5) is 48.9. The first kappa shape index (κ1) is 32.4. The van der Waals surface area contributed by atoms with Crippen molar-refractivity contribution in [2.45, 2.75) is 70.4 Å². The van der Waals surface area contributed by atoms with Crippen molar-refractivity contribution in [3.8, 4) is 0 Å². The number of para-hydroxylation sites is 1. The lowest BCUT2D eigenvalue weighted by Crippen LogP contribution is -2.52. The van der Waals surface area contributed by atoms with Crippen molar-refractivity contribution in [3.63, 3.8) is 0 Å². The molecule has 3 fully saturated rings. The standard InChI is InChI=1S/C37H49N7O4/c1-26-23-27(24-32-7-15-38-44(26)32)25-34(35(45)41-18-10-29(11-19-41)28-8-16-40(2)17-9-28)48-37(47)42-20-13-31(14-21-42)43-22-12-30-5-3-4-6-33(30)39-36(43)46/h3-7,15,23-24,28-29,31,34H,8-14,16-22,25H2,1-2H3,(H,39,46)/t34-/m1/s1. The second-order valence-electron chi connectivity index (χ2n) is 14.3. The lowest BCUT2D eigenvalue weighted by atomic mass is 9.79. The van der Waals surface area contributed by atoms with Crippen molar-refractivity contribution in [3.05, 3.63) is 65.5 Å². The van der Waals surface area contributed by atoms with Crippen LogP contribution in [0.25, 0.3) is 5.52 Å². The number of likely N-dealkylation sites (tertiary alicyclic amines) is 3. The minimum absolute atomic E-state index is 0.0389. The molecular formula is C37H49N7O4. The number of fused-ring (bicyclic) bond motifs is 2. The number of nitrogens with zero attached hydrogens (tertiary/aromatic N) is 6. The summed E-state index contributed by atoms with van der Waals surface area (Å²) in [6.07, 6.45) is 7.32. The molecule has 6 heterocycles. The predicted molar refractivity (Wildman–Crippen MR) is 184 cm³/mol. The van der Waals surface area contributed by atoms with E-state index in [1.165, 1.54) is 12.8 Å². The van der Waals surface area contributed by atoms with Gasteiger partial charge >= 0.3 is 12.1 Å². The molecule has 1 aromatic carbocycles. The number of rotatable bonds is 6. The van der Waals surface area contributed by atoms with Crippen LogP contribution in [0.2, 0.25) is 0 Å². The van der Waals surface area contributed by atoms with E-state index in [9.17, 15) is 14.4 Å². The minimum atomic E-state index is -0.908. The number of aromatic nitrogens is 2. The lowest BCUT2D eigenvalue weighted by molar-refractivity contribution is -0.142. The molecule has 256 valence electrons. The van der Waals surface area contributed by atoms with E-state index in [0.717, 1.165) is 66.3 Å². The molecule has 0 spiro atoms. The van der Waals surface area contributed by atoms with Gasteiger partial charge in [0.15, 0.2) is 6.10 Å². The van der Waals surface area contributed by atoms with E-state index < -0.39 is 12.2 Å². The summed E-state index contributed by atoms with van der Waals surface area (Å²) in [5.74, 6) is 1.28. The van der Waals surface area contributed by atoms with Gasteiger partial charge < -0.3 is 29.7 Å². The van der Waals surface area contributed by atoms with Crippen molar-refractivity contribution < 1.29 is 19.1 Å². The summed E-state index contributed by atoms with van der Waals surface area (Å²) in [6, 6.07) is 13.9. The van der Waals surface area contributed by atoms with E-state index in [4.69, 9.17) is 4.74 Å². The van der Waals surface area contributed by atoms with Gasteiger partial charge in [-0.2, -0.15) is 5.10 Å². The number of carbonyl (C=O) groups is 3. The normalized spacial score (nSPS) is 21.1. The number of piperidine rings is 3. The van der Waals surface area contributed by atoms with E-state index >= 15 is 0 Å². The highest BCUT2D eigenvalue weighted by molar-refractivity contribution is 5.91. The zero-order valence-electron chi connectivity index (χ0n) is 28.4. The molecule has 3 aromatic rings. The Morgan fingerprint density at radius 2 is 1.58 bits per heavy atom. The molecule has 0 aliphatic carbocycles. The fraction of sp³-hybridized carbons (Fsp3) is 0.568. The summed E-state index contributed by atoms with van der Waals surface area (Å²) in [6.45, 7) is 7.31. The predicted octanol–water partition coefficient (Wildman–Crippen LogP) is 4.83. The molecule has 2 aromatic heterocycles. The van der Waals surface area contributed by atoms with Crippen molar-refractivity contribution >= 4 is 29.2 Å². The number of amides is 4. The molecule has 3 saturated heterocycles. The summed E-state index contributed by atoms with van der Waals surface area (Å²) in [7, 11) is 2.20. The van der Waals surface area contributed by atoms with Gasteiger partial charge in [0.25, 0.3) is 5.91 Å². The Morgan fingerprint density at radius 1 is 0.896 bits per heavy atom. The van der Waals surface area contributed by atoms with Crippen LogP contribution < -0.4 is 5.32 Å². The Morgan fingerprint density at radius 3 is 2.33 bits per heavy atom. The monoisotopic (exact) mass is 655 g/mol. The maximum Gasteiger partial charge on any atom is 0.410 e. The van der Waals surface area contributed by atoms with Gasteiger partial charge in [0, 0.05) is 62.8 Å². The average molecular weight is 656 g/mol. The maximum atomic E-state index is 14.1. The lowest BCUT2D eigenvalue weighted by Gasteiger charge is -2.40. The van der Waals surface area contributed by atoms with Crippen LogP contribution >= 0.6 is 0 Å². The van der Waals surface area contributed by atoms with Gasteiger partial charge in [-0.1, -0.05) is 18.2 Å². The van der Waals surface area contributed by atoms with Crippen LogP contribution in [0.15, 0.2) is 48.7 Å². The average Bonchev–Trinajstić information content (AvgIpc) is 3.52. The van der Waals surface area contributed by atoms with Crippen molar-refractivity contribution in [1.29, 1.82) is 0 Å². The second kappa shape index (κ2) is 14.2. The number of nitrogens with one attached hydrogen (secondary N) is 1. The second-order valence-corrected chi connectivity index (χ2v) is 14.3. The molecule has 7 rings (SSSR count). The highest BCUT2D eigenvalue weighted by atomic mass is 16.6. The first-order valence-electron chi connectivity index (χ1n) is 17.8. The Kier molecular flexibility index (Phi) is 9.57. The number of ether oxygens (including phenoxy) is 1. The van der Waals surface area contributed by atoms with Crippen LogP contribution in [-0.4, -0.2) is 112 Å². The molecule has 4 amide bonds. The number of hydrogen-bond acceptors (Lipinski definition) is 6. The first-order chi connectivity index (χ1) is 23.3. The summed E-state index contributed by atoms with van der Waals surface area (Å²) in [5, 5.41) is 7.45. The number of benzene rings is 1. The number of aryl methyl sites for hydroxylation is 1. The summed E-state index contributed by atoms with van der Waals surface area (Å²) in [5.41, 5.74) is 4.87. The maximum absolute atomic E-state index is 14.1. The molecule has 0 saturated carbocycles. The minimum Gasteiger partial charge on any atom is -0.436 e. The SMILES string of the molecule is Cc1cc(C[C@@H](OC(=O)N2CCC(N3CCc4ccccc4NC3=O)CC2)C(=O)N2CCC(C3CCN(C)CC3)CC2)cc2ccnn12. The Hall–Kier alpha value is -4.12. The molecule has 11 heteroatoms. The first-order valence-corrected chi connectivity index (χ1v) is 17.8. The smallest absolute Gasteiger partial charge is 0.410 e. The quantitative estimate of drug-likeness (QED) is 0.409. The van der Waals surface area contributed by atoms with E-state index in [-0.39, 0.29) is 18.0 Å². The van der Waals surface area contributed by atoms with E-state index in [1.807, 2.05) is 57.6 Å². The molecule has 1 atom stereocenters. The number of hydrogen-bond donors (Lipinski definition) is 1. The molecule has 0 radical (unpaired) electrons. The molecule has 11 nitrogen and oxygen atoms in total.